The van der Waals surface area contributed by atoms with Gasteiger partial charge in [0.1, 0.15) is 0 Å². The van der Waals surface area contributed by atoms with E-state index in [0.717, 1.165) is 6.42 Å². The molecule has 0 fully saturated rings. The van der Waals surface area contributed by atoms with Crippen molar-refractivity contribution < 1.29 is 0 Å². The van der Waals surface area contributed by atoms with Crippen LogP contribution in [0.4, 0.5) is 0 Å². The lowest BCUT2D eigenvalue weighted by molar-refractivity contribution is 0.488. The molecular formula is C28H24. The molecule has 0 bridgehead atoms. The highest BCUT2D eigenvalue weighted by Gasteiger charge is 2.38. The average Bonchev–Trinajstić information content (AvgIpc) is 3.26. The van der Waals surface area contributed by atoms with Crippen LogP contribution in [0.15, 0.2) is 103 Å². The lowest BCUT2D eigenvalue weighted by Crippen LogP contribution is -2.10. The summed E-state index contributed by atoms with van der Waals surface area (Å²) < 4.78 is 0. The molecule has 0 nitrogen and oxygen atoms in total. The Morgan fingerprint density at radius 3 is 2.36 bits per heavy atom. The Kier molecular flexibility index (Phi) is 3.65. The molecule has 4 aliphatic rings. The highest BCUT2D eigenvalue weighted by molar-refractivity contribution is 5.82. The Balaban J connectivity index is 1.36. The molecule has 0 amide bonds. The van der Waals surface area contributed by atoms with Crippen molar-refractivity contribution in [3.63, 3.8) is 0 Å². The molecule has 28 heavy (non-hydrogen) atoms. The smallest absolute Gasteiger partial charge is 0.0281 e. The van der Waals surface area contributed by atoms with Crippen LogP contribution in [0.3, 0.4) is 0 Å². The van der Waals surface area contributed by atoms with Gasteiger partial charge in [-0.3, -0.25) is 0 Å². The van der Waals surface area contributed by atoms with Gasteiger partial charge < -0.3 is 0 Å². The summed E-state index contributed by atoms with van der Waals surface area (Å²) in [5, 5.41) is 0. The van der Waals surface area contributed by atoms with Crippen LogP contribution >= 0.6 is 0 Å². The summed E-state index contributed by atoms with van der Waals surface area (Å²) in [6, 6.07) is 18.1. The molecule has 6 rings (SSSR count). The summed E-state index contributed by atoms with van der Waals surface area (Å²) in [7, 11) is 0. The summed E-state index contributed by atoms with van der Waals surface area (Å²) in [4.78, 5) is 0. The Morgan fingerprint density at radius 1 is 0.679 bits per heavy atom. The molecule has 0 radical (unpaired) electrons. The molecule has 0 saturated carbocycles. The van der Waals surface area contributed by atoms with Crippen molar-refractivity contribution in [1.82, 2.24) is 0 Å². The number of fused-ring (bicyclic) bond motifs is 6. The minimum Gasteiger partial charge on any atom is -0.0799 e. The third kappa shape index (κ3) is 2.31. The molecule has 2 aromatic carbocycles. The third-order valence-electron chi connectivity index (χ3n) is 7.10. The third-order valence-corrected chi connectivity index (χ3v) is 7.10. The second kappa shape index (κ2) is 6.34. The normalized spacial score (nSPS) is 28.3. The summed E-state index contributed by atoms with van der Waals surface area (Å²) in [5.74, 6) is 2.24. The van der Waals surface area contributed by atoms with Crippen molar-refractivity contribution in [2.75, 3.05) is 0 Å². The Labute approximate surface area is 167 Å². The highest BCUT2D eigenvalue weighted by atomic mass is 14.4. The first-order chi connectivity index (χ1) is 13.9. The molecule has 0 heteroatoms. The SMILES string of the molecule is C1=CC2=C(CCC3c4ccccc4C4C=CC=CC43)c3ccccc3C2C=C1. The number of hydrogen-bond donors (Lipinski definition) is 0. The minimum absolute atomic E-state index is 0.456. The number of rotatable bonds is 3. The fourth-order valence-corrected chi connectivity index (χ4v) is 5.91. The van der Waals surface area contributed by atoms with E-state index in [9.17, 15) is 0 Å². The van der Waals surface area contributed by atoms with Crippen molar-refractivity contribution in [1.29, 1.82) is 0 Å². The Bertz CT molecular complexity index is 1090. The van der Waals surface area contributed by atoms with Gasteiger partial charge in [-0.2, -0.15) is 0 Å². The van der Waals surface area contributed by atoms with Crippen molar-refractivity contribution in [2.45, 2.75) is 30.6 Å². The molecule has 0 spiro atoms. The van der Waals surface area contributed by atoms with E-state index >= 15 is 0 Å². The van der Waals surface area contributed by atoms with Gasteiger partial charge in [0, 0.05) is 11.8 Å². The van der Waals surface area contributed by atoms with Gasteiger partial charge in [-0.25, -0.2) is 0 Å². The van der Waals surface area contributed by atoms with Crippen LogP contribution in [0.25, 0.3) is 5.57 Å². The number of allylic oxidation sites excluding steroid dienone is 10. The quantitative estimate of drug-likeness (QED) is 0.549. The highest BCUT2D eigenvalue weighted by Crippen LogP contribution is 2.53. The summed E-state index contributed by atoms with van der Waals surface area (Å²) in [5.41, 5.74) is 9.16. The fourth-order valence-electron chi connectivity index (χ4n) is 5.91. The van der Waals surface area contributed by atoms with Gasteiger partial charge in [0.25, 0.3) is 0 Å². The molecule has 136 valence electrons. The summed E-state index contributed by atoms with van der Waals surface area (Å²) in [6.07, 6.45) is 20.8. The van der Waals surface area contributed by atoms with E-state index in [1.165, 1.54) is 23.1 Å². The number of benzene rings is 2. The minimum atomic E-state index is 0.456. The van der Waals surface area contributed by atoms with Gasteiger partial charge >= 0.3 is 0 Å². The zero-order valence-electron chi connectivity index (χ0n) is 16.0. The monoisotopic (exact) mass is 360 g/mol. The largest absolute Gasteiger partial charge is 0.0799 e. The molecule has 0 heterocycles. The van der Waals surface area contributed by atoms with Crippen LogP contribution in [0.1, 0.15) is 52.8 Å². The average molecular weight is 361 g/mol. The Hall–Kier alpha value is -2.86. The van der Waals surface area contributed by atoms with Crippen LogP contribution in [0.5, 0.6) is 0 Å². The van der Waals surface area contributed by atoms with Gasteiger partial charge in [0.2, 0.25) is 0 Å². The van der Waals surface area contributed by atoms with Crippen LogP contribution in [-0.2, 0) is 0 Å². The molecule has 0 N–H and O–H groups in total. The van der Waals surface area contributed by atoms with Gasteiger partial charge in [-0.1, -0.05) is 97.1 Å². The Morgan fingerprint density at radius 2 is 1.43 bits per heavy atom. The first-order valence-electron chi connectivity index (χ1n) is 10.5. The van der Waals surface area contributed by atoms with Crippen molar-refractivity contribution in [3.8, 4) is 0 Å². The molecular weight excluding hydrogens is 336 g/mol. The molecule has 2 aromatic rings. The van der Waals surface area contributed by atoms with E-state index in [0.29, 0.717) is 23.7 Å². The van der Waals surface area contributed by atoms with E-state index in [-0.39, 0.29) is 0 Å². The zero-order chi connectivity index (χ0) is 18.5. The molecule has 0 saturated heterocycles. The lowest BCUT2D eigenvalue weighted by atomic mass is 9.81. The maximum Gasteiger partial charge on any atom is 0.0281 e. The van der Waals surface area contributed by atoms with Crippen LogP contribution in [-0.4, -0.2) is 0 Å². The van der Waals surface area contributed by atoms with Gasteiger partial charge in [-0.05, 0) is 58.1 Å². The molecule has 4 aliphatic carbocycles. The topological polar surface area (TPSA) is 0 Å². The molecule has 0 aliphatic heterocycles. The summed E-state index contributed by atoms with van der Waals surface area (Å²) in [6.45, 7) is 0. The van der Waals surface area contributed by atoms with Gasteiger partial charge in [-0.15, -0.1) is 0 Å². The van der Waals surface area contributed by atoms with Gasteiger partial charge in [0.15, 0.2) is 0 Å². The standard InChI is InChI=1S/C28H24/c1-5-13-23-19(9-1)20-10-2-6-14-24(20)27(23)17-18-28-25-15-7-3-11-21(25)22-12-4-8-16-26(22)28/h1-16,19,21,23,27H,17-18H2. The maximum absolute atomic E-state index is 2.45. The summed E-state index contributed by atoms with van der Waals surface area (Å²) >= 11 is 0. The van der Waals surface area contributed by atoms with E-state index < -0.39 is 0 Å². The van der Waals surface area contributed by atoms with Crippen LogP contribution in [0.2, 0.25) is 0 Å². The molecule has 4 atom stereocenters. The first-order valence-corrected chi connectivity index (χ1v) is 10.5. The predicted octanol–water partition coefficient (Wildman–Crippen LogP) is 7.07. The maximum atomic E-state index is 2.45. The molecule has 4 unspecified atom stereocenters. The van der Waals surface area contributed by atoms with E-state index in [1.54, 1.807) is 16.7 Å². The second-order valence-electron chi connectivity index (χ2n) is 8.39. The zero-order valence-corrected chi connectivity index (χ0v) is 16.0. The lowest BCUT2D eigenvalue weighted by Gasteiger charge is -2.23. The van der Waals surface area contributed by atoms with Crippen molar-refractivity contribution in [3.05, 3.63) is 125 Å². The fraction of sp³-hybridized carbons (Fsp3) is 0.214. The van der Waals surface area contributed by atoms with Gasteiger partial charge in [0.05, 0.1) is 0 Å². The van der Waals surface area contributed by atoms with Crippen molar-refractivity contribution in [2.24, 2.45) is 5.92 Å². The van der Waals surface area contributed by atoms with Crippen LogP contribution < -0.4 is 0 Å². The predicted molar refractivity (Wildman–Crippen MR) is 117 cm³/mol. The second-order valence-corrected chi connectivity index (χ2v) is 8.39. The molecule has 0 aromatic heterocycles. The van der Waals surface area contributed by atoms with Crippen LogP contribution in [0, 0.1) is 5.92 Å². The first kappa shape index (κ1) is 16.1. The van der Waals surface area contributed by atoms with E-state index in [1.807, 2.05) is 0 Å². The van der Waals surface area contributed by atoms with E-state index in [2.05, 4.69) is 97.1 Å². The van der Waals surface area contributed by atoms with Crippen molar-refractivity contribution >= 4 is 5.57 Å². The number of hydrogen-bond acceptors (Lipinski definition) is 0. The van der Waals surface area contributed by atoms with E-state index in [4.69, 9.17) is 0 Å².